The van der Waals surface area contributed by atoms with E-state index in [-0.39, 0.29) is 12.5 Å². The number of nitrogens with one attached hydrogen (secondary N) is 2. The van der Waals surface area contributed by atoms with Gasteiger partial charge >= 0.3 is 0 Å². The van der Waals surface area contributed by atoms with Crippen LogP contribution in [0, 0.1) is 0 Å². The predicted octanol–water partition coefficient (Wildman–Crippen LogP) is 4.13. The lowest BCUT2D eigenvalue weighted by Gasteiger charge is -2.31. The van der Waals surface area contributed by atoms with E-state index in [9.17, 15) is 4.79 Å². The van der Waals surface area contributed by atoms with Crippen LogP contribution in [0.5, 0.6) is 11.5 Å². The van der Waals surface area contributed by atoms with Gasteiger partial charge < -0.3 is 29.7 Å². The van der Waals surface area contributed by atoms with E-state index >= 15 is 0 Å². The molecule has 30 heavy (non-hydrogen) atoms. The summed E-state index contributed by atoms with van der Waals surface area (Å²) in [5.74, 6) is 1.18. The Morgan fingerprint density at radius 1 is 1.07 bits per heavy atom. The van der Waals surface area contributed by atoms with Gasteiger partial charge in [-0.15, -0.1) is 0 Å². The molecule has 8 heteroatoms. The fourth-order valence-electron chi connectivity index (χ4n) is 3.19. The number of halogens is 1. The van der Waals surface area contributed by atoms with E-state index in [0.717, 1.165) is 34.7 Å². The van der Waals surface area contributed by atoms with Gasteiger partial charge in [0.25, 0.3) is 0 Å². The van der Waals surface area contributed by atoms with Gasteiger partial charge in [-0.05, 0) is 38.1 Å². The Balaban J connectivity index is 1.76. The molecule has 0 aromatic heterocycles. The molecule has 0 radical (unpaired) electrons. The van der Waals surface area contributed by atoms with Crippen LogP contribution in [0.4, 0.5) is 17.1 Å². The van der Waals surface area contributed by atoms with E-state index in [4.69, 9.17) is 14.2 Å². The van der Waals surface area contributed by atoms with Crippen molar-refractivity contribution in [3.05, 3.63) is 40.9 Å². The van der Waals surface area contributed by atoms with Gasteiger partial charge in [0.05, 0.1) is 44.3 Å². The van der Waals surface area contributed by atoms with Crippen LogP contribution in [0.25, 0.3) is 0 Å². The summed E-state index contributed by atoms with van der Waals surface area (Å²) in [6.45, 7) is 7.96. The molecule has 0 aliphatic carbocycles. The molecule has 0 bridgehead atoms. The maximum absolute atomic E-state index is 12.6. The Morgan fingerprint density at radius 3 is 2.40 bits per heavy atom. The average Bonchev–Trinajstić information content (AvgIpc) is 2.76. The number of rotatable bonds is 9. The lowest BCUT2D eigenvalue weighted by atomic mass is 10.2. The standard InChI is InChI=1S/C22H28BrN3O4/c1-3-29-20-14-19(26-9-11-28-12-10-26)21(30-4-2)13-18(20)25-22(27)15-24-17-7-5-16(23)6-8-17/h5-8,13-14,24H,3-4,9-12,15H2,1-2H3,(H,25,27). The molecule has 2 aromatic carbocycles. The number of morpholine rings is 1. The minimum atomic E-state index is -0.166. The molecule has 1 aliphatic rings. The van der Waals surface area contributed by atoms with E-state index < -0.39 is 0 Å². The Bertz CT molecular complexity index is 839. The zero-order chi connectivity index (χ0) is 21.3. The number of amides is 1. The number of hydrogen-bond donors (Lipinski definition) is 2. The number of carbonyl (C=O) groups excluding carboxylic acids is 1. The maximum Gasteiger partial charge on any atom is 0.243 e. The third-order valence-electron chi connectivity index (χ3n) is 4.58. The van der Waals surface area contributed by atoms with Gasteiger partial charge in [-0.3, -0.25) is 4.79 Å². The second-order valence-electron chi connectivity index (χ2n) is 6.69. The minimum absolute atomic E-state index is 0.141. The third-order valence-corrected chi connectivity index (χ3v) is 5.11. The Labute approximate surface area is 185 Å². The Morgan fingerprint density at radius 2 is 1.73 bits per heavy atom. The van der Waals surface area contributed by atoms with E-state index in [1.165, 1.54) is 0 Å². The van der Waals surface area contributed by atoms with Crippen molar-refractivity contribution < 1.29 is 19.0 Å². The van der Waals surface area contributed by atoms with E-state index in [1.54, 1.807) is 0 Å². The molecule has 1 aliphatic heterocycles. The summed E-state index contributed by atoms with van der Waals surface area (Å²) in [6, 6.07) is 11.5. The van der Waals surface area contributed by atoms with Gasteiger partial charge in [0.2, 0.25) is 5.91 Å². The number of ether oxygens (including phenoxy) is 3. The molecule has 0 unspecified atom stereocenters. The molecule has 0 saturated carbocycles. The molecule has 3 rings (SSSR count). The Hall–Kier alpha value is -2.45. The number of hydrogen-bond acceptors (Lipinski definition) is 6. The van der Waals surface area contributed by atoms with Crippen molar-refractivity contribution >= 4 is 38.9 Å². The first kappa shape index (κ1) is 22.2. The van der Waals surface area contributed by atoms with Gasteiger partial charge in [-0.2, -0.15) is 0 Å². The average molecular weight is 478 g/mol. The lowest BCUT2D eigenvalue weighted by molar-refractivity contribution is -0.114. The zero-order valence-corrected chi connectivity index (χ0v) is 19.0. The monoisotopic (exact) mass is 477 g/mol. The van der Waals surface area contributed by atoms with Crippen molar-refractivity contribution in [2.45, 2.75) is 13.8 Å². The molecular formula is C22H28BrN3O4. The number of anilines is 3. The fourth-order valence-corrected chi connectivity index (χ4v) is 3.45. The molecule has 2 aromatic rings. The molecule has 2 N–H and O–H groups in total. The summed E-state index contributed by atoms with van der Waals surface area (Å²) in [4.78, 5) is 14.8. The summed E-state index contributed by atoms with van der Waals surface area (Å²) < 4.78 is 18.2. The quantitative estimate of drug-likeness (QED) is 0.565. The van der Waals surface area contributed by atoms with Gasteiger partial charge in [-0.25, -0.2) is 0 Å². The molecular weight excluding hydrogens is 450 g/mol. The number of nitrogens with zero attached hydrogens (tertiary/aromatic N) is 1. The SMILES string of the molecule is CCOc1cc(N2CCOCC2)c(OCC)cc1NC(=O)CNc1ccc(Br)cc1. The predicted molar refractivity (Wildman–Crippen MR) is 123 cm³/mol. The maximum atomic E-state index is 12.6. The summed E-state index contributed by atoms with van der Waals surface area (Å²) in [5, 5.41) is 6.07. The van der Waals surface area contributed by atoms with Crippen molar-refractivity contribution in [1.29, 1.82) is 0 Å². The van der Waals surface area contributed by atoms with Crippen LogP contribution < -0.4 is 25.0 Å². The second-order valence-corrected chi connectivity index (χ2v) is 7.61. The van der Waals surface area contributed by atoms with E-state index in [0.29, 0.717) is 37.9 Å². The molecule has 1 heterocycles. The van der Waals surface area contributed by atoms with Gasteiger partial charge in [0, 0.05) is 35.4 Å². The first-order valence-corrected chi connectivity index (χ1v) is 11.0. The van der Waals surface area contributed by atoms with Crippen molar-refractivity contribution in [3.63, 3.8) is 0 Å². The second kappa shape index (κ2) is 11.1. The lowest BCUT2D eigenvalue weighted by Crippen LogP contribution is -2.36. The summed E-state index contributed by atoms with van der Waals surface area (Å²) in [6.07, 6.45) is 0. The normalized spacial score (nSPS) is 13.6. The highest BCUT2D eigenvalue weighted by Crippen LogP contribution is 2.39. The highest BCUT2D eigenvalue weighted by molar-refractivity contribution is 9.10. The molecule has 0 spiro atoms. The van der Waals surface area contributed by atoms with Gasteiger partial charge in [0.15, 0.2) is 0 Å². The number of benzene rings is 2. The topological polar surface area (TPSA) is 72.1 Å². The smallest absolute Gasteiger partial charge is 0.243 e. The van der Waals surface area contributed by atoms with Crippen LogP contribution in [-0.2, 0) is 9.53 Å². The molecule has 1 saturated heterocycles. The first-order valence-electron chi connectivity index (χ1n) is 10.2. The fraction of sp³-hybridized carbons (Fsp3) is 0.409. The summed E-state index contributed by atoms with van der Waals surface area (Å²) in [7, 11) is 0. The molecule has 0 atom stereocenters. The molecule has 1 amide bonds. The van der Waals surface area contributed by atoms with Crippen molar-refractivity contribution in [2.24, 2.45) is 0 Å². The number of carbonyl (C=O) groups is 1. The molecule has 162 valence electrons. The first-order chi connectivity index (χ1) is 14.6. The van der Waals surface area contributed by atoms with Crippen LogP contribution in [0.2, 0.25) is 0 Å². The zero-order valence-electron chi connectivity index (χ0n) is 17.4. The highest BCUT2D eigenvalue weighted by atomic mass is 79.9. The van der Waals surface area contributed by atoms with Crippen LogP contribution in [-0.4, -0.2) is 52.0 Å². The van der Waals surface area contributed by atoms with E-state index in [1.807, 2.05) is 50.2 Å². The molecule has 7 nitrogen and oxygen atoms in total. The van der Waals surface area contributed by atoms with E-state index in [2.05, 4.69) is 31.5 Å². The van der Waals surface area contributed by atoms with Gasteiger partial charge in [0.1, 0.15) is 11.5 Å². The Kier molecular flexibility index (Phi) is 8.21. The third kappa shape index (κ3) is 6.03. The van der Waals surface area contributed by atoms with Crippen LogP contribution >= 0.6 is 15.9 Å². The van der Waals surface area contributed by atoms with Crippen LogP contribution in [0.1, 0.15) is 13.8 Å². The van der Waals surface area contributed by atoms with Crippen molar-refractivity contribution in [2.75, 3.05) is 61.6 Å². The van der Waals surface area contributed by atoms with Crippen LogP contribution in [0.15, 0.2) is 40.9 Å². The largest absolute Gasteiger partial charge is 0.492 e. The van der Waals surface area contributed by atoms with Gasteiger partial charge in [-0.1, -0.05) is 15.9 Å². The minimum Gasteiger partial charge on any atom is -0.492 e. The summed E-state index contributed by atoms with van der Waals surface area (Å²) in [5.41, 5.74) is 2.42. The summed E-state index contributed by atoms with van der Waals surface area (Å²) >= 11 is 3.40. The van der Waals surface area contributed by atoms with Crippen molar-refractivity contribution in [3.8, 4) is 11.5 Å². The van der Waals surface area contributed by atoms with Crippen molar-refractivity contribution in [1.82, 2.24) is 0 Å². The highest BCUT2D eigenvalue weighted by Gasteiger charge is 2.20. The molecule has 1 fully saturated rings. The van der Waals surface area contributed by atoms with Crippen LogP contribution in [0.3, 0.4) is 0 Å².